The lowest BCUT2D eigenvalue weighted by Gasteiger charge is -2.37. The average molecular weight is 369 g/mol. The van der Waals surface area contributed by atoms with E-state index in [0.29, 0.717) is 18.0 Å². The van der Waals surface area contributed by atoms with Gasteiger partial charge in [-0.05, 0) is 24.1 Å². The van der Waals surface area contributed by atoms with Gasteiger partial charge in [-0.15, -0.1) is 11.3 Å². The summed E-state index contributed by atoms with van der Waals surface area (Å²) in [7, 11) is 0. The van der Waals surface area contributed by atoms with E-state index < -0.39 is 0 Å². The predicted octanol–water partition coefficient (Wildman–Crippen LogP) is 4.16. The van der Waals surface area contributed by atoms with Gasteiger partial charge in [-0.25, -0.2) is 0 Å². The molecule has 1 atom stereocenters. The number of halogens is 2. The standard InChI is InChI=1S/C17H18Cl2N2OS/c18-12-9-13(23-11-12)5-6-17(22)21-8-7-20-10-16(21)14-3-1-2-4-15(14)19/h1-4,9,11,16,20H,5-8,10H2. The molecule has 3 rings (SSSR count). The minimum atomic E-state index is -0.00289. The molecular formula is C17H18Cl2N2OS. The fourth-order valence-electron chi connectivity index (χ4n) is 2.88. The number of thiophene rings is 1. The molecule has 0 bridgehead atoms. The van der Waals surface area contributed by atoms with E-state index in [1.807, 2.05) is 40.6 Å². The number of carbonyl (C=O) groups excluding carboxylic acids is 1. The molecule has 1 aromatic heterocycles. The third-order valence-corrected chi connectivity index (χ3v) is 5.72. The zero-order valence-electron chi connectivity index (χ0n) is 12.6. The van der Waals surface area contributed by atoms with Crippen molar-refractivity contribution < 1.29 is 4.79 Å². The minimum Gasteiger partial charge on any atom is -0.333 e. The van der Waals surface area contributed by atoms with Crippen molar-refractivity contribution in [1.29, 1.82) is 0 Å². The zero-order chi connectivity index (χ0) is 16.2. The van der Waals surface area contributed by atoms with E-state index in [1.165, 1.54) is 0 Å². The monoisotopic (exact) mass is 368 g/mol. The normalized spacial score (nSPS) is 18.2. The van der Waals surface area contributed by atoms with Crippen LogP contribution in [0.15, 0.2) is 35.7 Å². The first-order valence-corrected chi connectivity index (χ1v) is 9.26. The minimum absolute atomic E-state index is 0.00289. The lowest BCUT2D eigenvalue weighted by molar-refractivity contribution is -0.134. The lowest BCUT2D eigenvalue weighted by Crippen LogP contribution is -2.48. The molecule has 6 heteroatoms. The predicted molar refractivity (Wildman–Crippen MR) is 96.4 cm³/mol. The number of hydrogen-bond donors (Lipinski definition) is 1. The first-order chi connectivity index (χ1) is 11.1. The molecule has 3 nitrogen and oxygen atoms in total. The highest BCUT2D eigenvalue weighted by molar-refractivity contribution is 7.10. The molecule has 1 aliphatic rings. The van der Waals surface area contributed by atoms with E-state index in [4.69, 9.17) is 23.2 Å². The van der Waals surface area contributed by atoms with Gasteiger partial charge in [0.05, 0.1) is 11.1 Å². The van der Waals surface area contributed by atoms with Gasteiger partial charge < -0.3 is 10.2 Å². The van der Waals surface area contributed by atoms with Crippen LogP contribution >= 0.6 is 34.5 Å². The SMILES string of the molecule is O=C(CCc1cc(Cl)cs1)N1CCNCC1c1ccccc1Cl. The lowest BCUT2D eigenvalue weighted by atomic mass is 10.0. The van der Waals surface area contributed by atoms with Gasteiger partial charge in [0, 0.05) is 41.3 Å². The van der Waals surface area contributed by atoms with E-state index >= 15 is 0 Å². The Labute approximate surface area is 150 Å². The Kier molecular flexibility index (Phi) is 5.59. The number of carbonyl (C=O) groups is 1. The van der Waals surface area contributed by atoms with E-state index in [0.717, 1.165) is 35.0 Å². The van der Waals surface area contributed by atoms with Crippen molar-refractivity contribution in [2.45, 2.75) is 18.9 Å². The first kappa shape index (κ1) is 16.8. The van der Waals surface area contributed by atoms with Crippen molar-refractivity contribution >= 4 is 40.4 Å². The van der Waals surface area contributed by atoms with Crippen molar-refractivity contribution in [3.63, 3.8) is 0 Å². The first-order valence-electron chi connectivity index (χ1n) is 7.62. The molecule has 1 N–H and O–H groups in total. The van der Waals surface area contributed by atoms with Gasteiger partial charge in [0.2, 0.25) is 5.91 Å². The van der Waals surface area contributed by atoms with Gasteiger partial charge in [0.1, 0.15) is 0 Å². The molecule has 1 fully saturated rings. The molecular weight excluding hydrogens is 351 g/mol. The van der Waals surface area contributed by atoms with Gasteiger partial charge in [0.25, 0.3) is 0 Å². The maximum atomic E-state index is 12.7. The molecule has 0 aliphatic carbocycles. The molecule has 1 aliphatic heterocycles. The summed E-state index contributed by atoms with van der Waals surface area (Å²) in [5.41, 5.74) is 1.01. The molecule has 2 heterocycles. The zero-order valence-corrected chi connectivity index (χ0v) is 14.9. The van der Waals surface area contributed by atoms with Crippen LogP contribution in [0.5, 0.6) is 0 Å². The van der Waals surface area contributed by atoms with Crippen molar-refractivity contribution in [3.05, 3.63) is 56.2 Å². The fraction of sp³-hybridized carbons (Fsp3) is 0.353. The number of rotatable bonds is 4. The average Bonchev–Trinajstić information content (AvgIpc) is 2.99. The molecule has 23 heavy (non-hydrogen) atoms. The van der Waals surface area contributed by atoms with Crippen LogP contribution in [0.2, 0.25) is 10.0 Å². The van der Waals surface area contributed by atoms with E-state index in [9.17, 15) is 4.79 Å². The summed E-state index contributed by atoms with van der Waals surface area (Å²) in [5.74, 6) is 0.168. The van der Waals surface area contributed by atoms with E-state index in [2.05, 4.69) is 5.32 Å². The highest BCUT2D eigenvalue weighted by Gasteiger charge is 2.28. The van der Waals surface area contributed by atoms with Crippen LogP contribution in [0.25, 0.3) is 0 Å². The van der Waals surface area contributed by atoms with Gasteiger partial charge in [-0.1, -0.05) is 41.4 Å². The number of benzene rings is 1. The Hall–Kier alpha value is -1.07. The molecule has 0 radical (unpaired) electrons. The van der Waals surface area contributed by atoms with Crippen molar-refractivity contribution in [3.8, 4) is 0 Å². The summed E-state index contributed by atoms with van der Waals surface area (Å²) < 4.78 is 0. The second-order valence-corrected chi connectivity index (χ2v) is 7.40. The number of amides is 1. The maximum absolute atomic E-state index is 12.7. The van der Waals surface area contributed by atoms with Gasteiger partial charge in [0.15, 0.2) is 0 Å². The second kappa shape index (κ2) is 7.67. The van der Waals surface area contributed by atoms with E-state index in [-0.39, 0.29) is 11.9 Å². The molecule has 122 valence electrons. The Morgan fingerprint density at radius 3 is 2.91 bits per heavy atom. The molecule has 1 unspecified atom stereocenters. The van der Waals surface area contributed by atoms with Crippen LogP contribution < -0.4 is 5.32 Å². The highest BCUT2D eigenvalue weighted by Crippen LogP contribution is 2.29. The third kappa shape index (κ3) is 4.07. The van der Waals surface area contributed by atoms with Crippen molar-refractivity contribution in [1.82, 2.24) is 10.2 Å². The van der Waals surface area contributed by atoms with Crippen LogP contribution in [0.3, 0.4) is 0 Å². The topological polar surface area (TPSA) is 32.3 Å². The smallest absolute Gasteiger partial charge is 0.223 e. The summed E-state index contributed by atoms with van der Waals surface area (Å²) in [6.07, 6.45) is 1.23. The number of nitrogens with zero attached hydrogens (tertiary/aromatic N) is 1. The van der Waals surface area contributed by atoms with Gasteiger partial charge in [-0.2, -0.15) is 0 Å². The van der Waals surface area contributed by atoms with E-state index in [1.54, 1.807) is 11.3 Å². The summed E-state index contributed by atoms with van der Waals surface area (Å²) in [5, 5.41) is 6.71. The summed E-state index contributed by atoms with van der Waals surface area (Å²) >= 11 is 13.9. The third-order valence-electron chi connectivity index (χ3n) is 4.03. The molecule has 1 aromatic carbocycles. The molecule has 0 saturated carbocycles. The number of aryl methyl sites for hydroxylation is 1. The van der Waals surface area contributed by atoms with Crippen molar-refractivity contribution in [2.75, 3.05) is 19.6 Å². The Morgan fingerprint density at radius 2 is 2.17 bits per heavy atom. The summed E-state index contributed by atoms with van der Waals surface area (Å²) in [4.78, 5) is 15.8. The van der Waals surface area contributed by atoms with Crippen LogP contribution in [-0.4, -0.2) is 30.4 Å². The quantitative estimate of drug-likeness (QED) is 0.878. The molecule has 1 saturated heterocycles. The van der Waals surface area contributed by atoms with Crippen LogP contribution in [0, 0.1) is 0 Å². The largest absolute Gasteiger partial charge is 0.333 e. The number of nitrogens with one attached hydrogen (secondary N) is 1. The molecule has 2 aromatic rings. The summed E-state index contributed by atoms with van der Waals surface area (Å²) in [6.45, 7) is 2.26. The number of piperazine rings is 1. The Balaban J connectivity index is 1.70. The van der Waals surface area contributed by atoms with Gasteiger partial charge in [-0.3, -0.25) is 4.79 Å². The van der Waals surface area contributed by atoms with Crippen LogP contribution in [0.4, 0.5) is 0 Å². The van der Waals surface area contributed by atoms with Crippen LogP contribution in [0.1, 0.15) is 22.9 Å². The molecule has 0 spiro atoms. The summed E-state index contributed by atoms with van der Waals surface area (Å²) in [6, 6.07) is 9.68. The van der Waals surface area contributed by atoms with Crippen LogP contribution in [-0.2, 0) is 11.2 Å². The Bertz CT molecular complexity index is 689. The Morgan fingerprint density at radius 1 is 1.35 bits per heavy atom. The second-order valence-electron chi connectivity index (χ2n) is 5.56. The molecule has 1 amide bonds. The number of hydrogen-bond acceptors (Lipinski definition) is 3. The van der Waals surface area contributed by atoms with Crippen molar-refractivity contribution in [2.24, 2.45) is 0 Å². The van der Waals surface area contributed by atoms with Gasteiger partial charge >= 0.3 is 0 Å². The maximum Gasteiger partial charge on any atom is 0.223 e. The fourth-order valence-corrected chi connectivity index (χ4v) is 4.22. The highest BCUT2D eigenvalue weighted by atomic mass is 35.5.